The lowest BCUT2D eigenvalue weighted by Gasteiger charge is -2.12. The van der Waals surface area contributed by atoms with Crippen LogP contribution < -0.4 is 4.72 Å². The second-order valence-corrected chi connectivity index (χ2v) is 5.87. The fourth-order valence-electron chi connectivity index (χ4n) is 0.933. The first kappa shape index (κ1) is 20.6. The SMILES string of the molecule is C=C/C(OCC)=C(\SC)C(=O)NS(=O)C(C)C.CC. The van der Waals surface area contributed by atoms with Crippen molar-refractivity contribution in [3.8, 4) is 0 Å². The van der Waals surface area contributed by atoms with E-state index in [-0.39, 0.29) is 5.25 Å². The molecule has 1 N–H and O–H groups in total. The number of ether oxygens (including phenoxy) is 1. The predicted octanol–water partition coefficient (Wildman–Crippen LogP) is 3.00. The molecular weight excluding hydrogens is 282 g/mol. The Balaban J connectivity index is 0. The number of rotatable bonds is 7. The minimum atomic E-state index is -1.38. The molecular formula is C13H25NO3S2. The van der Waals surface area contributed by atoms with Crippen LogP contribution in [0.3, 0.4) is 0 Å². The van der Waals surface area contributed by atoms with Crippen LogP contribution in [0.15, 0.2) is 23.3 Å². The number of carbonyl (C=O) groups excluding carboxylic acids is 1. The molecule has 0 radical (unpaired) electrons. The Labute approximate surface area is 123 Å². The van der Waals surface area contributed by atoms with E-state index in [0.29, 0.717) is 17.3 Å². The maximum absolute atomic E-state index is 11.9. The van der Waals surface area contributed by atoms with Crippen molar-refractivity contribution in [2.45, 2.75) is 39.9 Å². The predicted molar refractivity (Wildman–Crippen MR) is 85.1 cm³/mol. The van der Waals surface area contributed by atoms with Gasteiger partial charge in [0, 0.05) is 5.25 Å². The fraction of sp³-hybridized carbons (Fsp3) is 0.615. The van der Waals surface area contributed by atoms with Gasteiger partial charge in [-0.15, -0.1) is 11.8 Å². The summed E-state index contributed by atoms with van der Waals surface area (Å²) in [6.07, 6.45) is 3.24. The van der Waals surface area contributed by atoms with Gasteiger partial charge in [-0.3, -0.25) is 9.52 Å². The summed E-state index contributed by atoms with van der Waals surface area (Å²) >= 11 is 1.24. The Morgan fingerprint density at radius 1 is 1.47 bits per heavy atom. The van der Waals surface area contributed by atoms with Crippen LogP contribution in [0.2, 0.25) is 0 Å². The summed E-state index contributed by atoms with van der Waals surface area (Å²) < 4.78 is 19.2. The van der Waals surface area contributed by atoms with E-state index < -0.39 is 16.9 Å². The summed E-state index contributed by atoms with van der Waals surface area (Å²) in [7, 11) is -1.38. The summed E-state index contributed by atoms with van der Waals surface area (Å²) in [5.74, 6) is 0.0196. The molecule has 0 aliphatic heterocycles. The normalized spacial score (nSPS) is 12.8. The molecule has 0 aromatic heterocycles. The molecule has 6 heteroatoms. The van der Waals surface area contributed by atoms with E-state index in [2.05, 4.69) is 11.3 Å². The summed E-state index contributed by atoms with van der Waals surface area (Å²) in [5.41, 5.74) is 0. The van der Waals surface area contributed by atoms with Gasteiger partial charge in [0.15, 0.2) is 0 Å². The third-order valence-electron chi connectivity index (χ3n) is 1.74. The maximum atomic E-state index is 11.9. The topological polar surface area (TPSA) is 55.4 Å². The van der Waals surface area contributed by atoms with E-state index in [1.54, 1.807) is 20.1 Å². The van der Waals surface area contributed by atoms with E-state index >= 15 is 0 Å². The molecule has 0 rings (SSSR count). The number of allylic oxidation sites excluding steroid dienone is 1. The summed E-state index contributed by atoms with van der Waals surface area (Å²) in [4.78, 5) is 12.2. The van der Waals surface area contributed by atoms with Gasteiger partial charge in [-0.1, -0.05) is 20.4 Å². The molecule has 0 bridgehead atoms. The Kier molecular flexibility index (Phi) is 13.3. The van der Waals surface area contributed by atoms with Crippen LogP contribution in [0.25, 0.3) is 0 Å². The minimum Gasteiger partial charge on any atom is -0.493 e. The Morgan fingerprint density at radius 2 is 2.00 bits per heavy atom. The van der Waals surface area contributed by atoms with Crippen molar-refractivity contribution in [3.05, 3.63) is 23.3 Å². The van der Waals surface area contributed by atoms with Gasteiger partial charge in [0.2, 0.25) is 0 Å². The van der Waals surface area contributed by atoms with Gasteiger partial charge in [-0.05, 0) is 33.1 Å². The van der Waals surface area contributed by atoms with Crippen LogP contribution in [0.4, 0.5) is 0 Å². The number of thioether (sulfide) groups is 1. The van der Waals surface area contributed by atoms with Crippen LogP contribution in [-0.2, 0) is 20.5 Å². The van der Waals surface area contributed by atoms with Crippen molar-refractivity contribution >= 4 is 28.7 Å². The quantitative estimate of drug-likeness (QED) is 0.446. The van der Waals surface area contributed by atoms with E-state index in [1.165, 1.54) is 17.8 Å². The lowest BCUT2D eigenvalue weighted by Crippen LogP contribution is -2.31. The molecule has 0 aliphatic rings. The van der Waals surface area contributed by atoms with Gasteiger partial charge in [0.1, 0.15) is 21.6 Å². The summed E-state index contributed by atoms with van der Waals surface area (Å²) in [6, 6.07) is 0. The first-order chi connectivity index (χ1) is 8.97. The van der Waals surface area contributed by atoms with E-state index in [4.69, 9.17) is 4.74 Å². The molecule has 0 saturated heterocycles. The number of hydrogen-bond donors (Lipinski definition) is 1. The molecule has 0 aromatic carbocycles. The zero-order chi connectivity index (χ0) is 15.4. The monoisotopic (exact) mass is 307 g/mol. The zero-order valence-electron chi connectivity index (χ0n) is 12.6. The number of carbonyl (C=O) groups is 1. The van der Waals surface area contributed by atoms with Crippen LogP contribution in [-0.4, -0.2) is 28.2 Å². The summed E-state index contributed by atoms with van der Waals surface area (Å²) in [5, 5.41) is -0.124. The molecule has 0 heterocycles. The molecule has 1 atom stereocenters. The van der Waals surface area contributed by atoms with Crippen LogP contribution in [0, 0.1) is 0 Å². The Morgan fingerprint density at radius 3 is 2.32 bits per heavy atom. The average Bonchev–Trinajstić information content (AvgIpc) is 2.40. The lowest BCUT2D eigenvalue weighted by atomic mass is 10.4. The number of nitrogens with one attached hydrogen (secondary N) is 1. The summed E-state index contributed by atoms with van der Waals surface area (Å²) in [6.45, 7) is 13.4. The smallest absolute Gasteiger partial charge is 0.273 e. The Hall–Kier alpha value is -0.750. The third kappa shape index (κ3) is 8.10. The molecule has 0 saturated carbocycles. The van der Waals surface area contributed by atoms with Crippen molar-refractivity contribution in [1.29, 1.82) is 0 Å². The van der Waals surface area contributed by atoms with Gasteiger partial charge in [-0.2, -0.15) is 0 Å². The van der Waals surface area contributed by atoms with Gasteiger partial charge >= 0.3 is 0 Å². The second-order valence-electron chi connectivity index (χ2n) is 3.31. The molecule has 0 aromatic rings. The average molecular weight is 307 g/mol. The van der Waals surface area contributed by atoms with E-state index in [1.807, 2.05) is 20.8 Å². The fourth-order valence-corrected chi connectivity index (χ4v) is 2.10. The highest BCUT2D eigenvalue weighted by Crippen LogP contribution is 2.19. The third-order valence-corrected chi connectivity index (χ3v) is 3.78. The molecule has 19 heavy (non-hydrogen) atoms. The first-order valence-electron chi connectivity index (χ1n) is 6.22. The first-order valence-corrected chi connectivity index (χ1v) is 8.66. The van der Waals surface area contributed by atoms with E-state index in [0.717, 1.165) is 0 Å². The van der Waals surface area contributed by atoms with Crippen molar-refractivity contribution in [2.75, 3.05) is 12.9 Å². The number of amides is 1. The van der Waals surface area contributed by atoms with Gasteiger partial charge in [0.05, 0.1) is 6.61 Å². The van der Waals surface area contributed by atoms with Gasteiger partial charge in [-0.25, -0.2) is 4.21 Å². The second kappa shape index (κ2) is 12.3. The highest BCUT2D eigenvalue weighted by Gasteiger charge is 2.17. The van der Waals surface area contributed by atoms with Crippen molar-refractivity contribution in [3.63, 3.8) is 0 Å². The molecule has 1 amide bonds. The van der Waals surface area contributed by atoms with Crippen LogP contribution >= 0.6 is 11.8 Å². The van der Waals surface area contributed by atoms with Crippen molar-refractivity contribution in [2.24, 2.45) is 0 Å². The van der Waals surface area contributed by atoms with Crippen molar-refractivity contribution < 1.29 is 13.7 Å². The maximum Gasteiger partial charge on any atom is 0.273 e. The van der Waals surface area contributed by atoms with Crippen molar-refractivity contribution in [1.82, 2.24) is 4.72 Å². The zero-order valence-corrected chi connectivity index (χ0v) is 14.2. The molecule has 0 spiro atoms. The van der Waals surface area contributed by atoms with E-state index in [9.17, 15) is 9.00 Å². The van der Waals surface area contributed by atoms with Crippen LogP contribution in [0.5, 0.6) is 0 Å². The largest absolute Gasteiger partial charge is 0.493 e. The highest BCUT2D eigenvalue weighted by atomic mass is 32.2. The molecule has 1 unspecified atom stereocenters. The minimum absolute atomic E-state index is 0.124. The lowest BCUT2D eigenvalue weighted by molar-refractivity contribution is -0.115. The van der Waals surface area contributed by atoms with Gasteiger partial charge in [0.25, 0.3) is 5.91 Å². The molecule has 112 valence electrons. The highest BCUT2D eigenvalue weighted by molar-refractivity contribution is 8.03. The molecule has 4 nitrogen and oxygen atoms in total. The number of hydrogen-bond acceptors (Lipinski definition) is 4. The molecule has 0 fully saturated rings. The van der Waals surface area contributed by atoms with Gasteiger partial charge < -0.3 is 4.74 Å². The van der Waals surface area contributed by atoms with Crippen LogP contribution in [0.1, 0.15) is 34.6 Å². The Bertz CT molecular complexity index is 339. The standard InChI is InChI=1S/C11H19NO3S2.C2H6/c1-6-9(15-7-2)10(16-5)11(13)12-17(14)8(3)4;1-2/h6,8H,1,7H2,2-5H3,(H,12,13);1-2H3/b10-9+;. The molecule has 0 aliphatic carbocycles.